The first-order chi connectivity index (χ1) is 11.3. The highest BCUT2D eigenvalue weighted by Gasteiger charge is 2.29. The van der Waals surface area contributed by atoms with Crippen LogP contribution in [0.4, 0.5) is 8.78 Å². The molecule has 2 heterocycles. The number of aromatic nitrogens is 2. The number of benzene rings is 1. The second-order valence-electron chi connectivity index (χ2n) is 6.37. The van der Waals surface area contributed by atoms with Crippen molar-refractivity contribution >= 4 is 5.91 Å². The predicted molar refractivity (Wildman–Crippen MR) is 86.5 cm³/mol. The molecule has 1 aliphatic heterocycles. The highest BCUT2D eigenvalue weighted by Crippen LogP contribution is 2.27. The first kappa shape index (κ1) is 16.6. The Kier molecular flexibility index (Phi) is 4.36. The van der Waals surface area contributed by atoms with Gasteiger partial charge in [0.25, 0.3) is 5.91 Å². The van der Waals surface area contributed by atoms with Crippen molar-refractivity contribution in [2.45, 2.75) is 25.9 Å². The molecule has 5 nitrogen and oxygen atoms in total. The van der Waals surface area contributed by atoms with Crippen LogP contribution in [0.5, 0.6) is 0 Å². The largest absolute Gasteiger partial charge is 0.335 e. The van der Waals surface area contributed by atoms with Crippen LogP contribution in [0.2, 0.25) is 0 Å². The number of rotatable bonds is 2. The second-order valence-corrected chi connectivity index (χ2v) is 6.37. The molecule has 3 rings (SSSR count). The molecular formula is C17H20F2N4O. The summed E-state index contributed by atoms with van der Waals surface area (Å²) in [5.74, 6) is -1.59. The molecule has 1 aromatic heterocycles. The maximum atomic E-state index is 14.1. The van der Waals surface area contributed by atoms with Gasteiger partial charge in [0.15, 0.2) is 0 Å². The van der Waals surface area contributed by atoms with Gasteiger partial charge in [0, 0.05) is 50.0 Å². The number of carbonyl (C=O) groups excluding carboxylic acids is 1. The van der Waals surface area contributed by atoms with E-state index in [9.17, 15) is 13.6 Å². The molecule has 2 aromatic rings. The number of nitrogens with one attached hydrogen (secondary N) is 1. The first-order valence-electron chi connectivity index (χ1n) is 7.89. The molecule has 7 heteroatoms. The lowest BCUT2D eigenvalue weighted by Gasteiger charge is -2.36. The Hall–Kier alpha value is -2.28. The third-order valence-electron chi connectivity index (χ3n) is 4.09. The van der Waals surface area contributed by atoms with E-state index in [1.807, 2.05) is 13.8 Å². The smallest absolute Gasteiger partial charge is 0.257 e. The van der Waals surface area contributed by atoms with E-state index in [0.29, 0.717) is 18.7 Å². The number of hydrogen-bond acceptors (Lipinski definition) is 3. The topological polar surface area (TPSA) is 50.2 Å². The van der Waals surface area contributed by atoms with Crippen LogP contribution in [-0.4, -0.2) is 45.8 Å². The molecule has 1 amide bonds. The molecule has 128 valence electrons. The minimum absolute atomic E-state index is 0.122. The Bertz CT molecular complexity index is 764. The van der Waals surface area contributed by atoms with Crippen LogP contribution in [-0.2, 0) is 7.05 Å². The molecule has 2 atom stereocenters. The van der Waals surface area contributed by atoms with E-state index < -0.39 is 11.6 Å². The summed E-state index contributed by atoms with van der Waals surface area (Å²) in [6, 6.07) is 3.64. The normalized spacial score (nSPS) is 21.1. The van der Waals surface area contributed by atoms with Gasteiger partial charge in [-0.25, -0.2) is 8.78 Å². The number of piperazine rings is 1. The number of carbonyl (C=O) groups is 1. The molecule has 1 aromatic carbocycles. The molecule has 1 saturated heterocycles. The standard InChI is InChI=1S/C17H20F2N4O/c1-10-7-23(8-11(2)20-10)17(24)14-9-22(3)21-16(14)13-5-4-12(18)6-15(13)19/h4-6,9-11,20H,7-8H2,1-3H3/t10-,11-/m1/s1. The summed E-state index contributed by atoms with van der Waals surface area (Å²) in [6.45, 7) is 5.17. The minimum Gasteiger partial charge on any atom is -0.335 e. The van der Waals surface area contributed by atoms with Crippen LogP contribution >= 0.6 is 0 Å². The number of aryl methyl sites for hydroxylation is 1. The van der Waals surface area contributed by atoms with Gasteiger partial charge in [-0.05, 0) is 26.0 Å². The van der Waals surface area contributed by atoms with Gasteiger partial charge in [-0.2, -0.15) is 5.10 Å². The van der Waals surface area contributed by atoms with Crippen LogP contribution in [0.1, 0.15) is 24.2 Å². The molecule has 1 aliphatic rings. The van der Waals surface area contributed by atoms with Gasteiger partial charge in [0.1, 0.15) is 17.3 Å². The summed E-state index contributed by atoms with van der Waals surface area (Å²) in [7, 11) is 1.67. The third-order valence-corrected chi connectivity index (χ3v) is 4.09. The lowest BCUT2D eigenvalue weighted by atomic mass is 10.0. The van der Waals surface area contributed by atoms with Crippen molar-refractivity contribution in [3.63, 3.8) is 0 Å². The van der Waals surface area contributed by atoms with E-state index in [2.05, 4.69) is 10.4 Å². The number of nitrogens with zero attached hydrogens (tertiary/aromatic N) is 3. The molecule has 0 unspecified atom stereocenters. The van der Waals surface area contributed by atoms with Gasteiger partial charge in [-0.15, -0.1) is 0 Å². The fourth-order valence-corrected chi connectivity index (χ4v) is 3.19. The Balaban J connectivity index is 1.98. The van der Waals surface area contributed by atoms with E-state index in [-0.39, 0.29) is 29.2 Å². The molecule has 1 N–H and O–H groups in total. The Morgan fingerprint density at radius 1 is 1.25 bits per heavy atom. The number of halogens is 2. The quantitative estimate of drug-likeness (QED) is 0.916. The Morgan fingerprint density at radius 3 is 2.54 bits per heavy atom. The van der Waals surface area contributed by atoms with Crippen molar-refractivity contribution in [3.05, 3.63) is 41.6 Å². The van der Waals surface area contributed by atoms with E-state index in [4.69, 9.17) is 0 Å². The summed E-state index contributed by atoms with van der Waals surface area (Å²) in [5.41, 5.74) is 0.680. The van der Waals surface area contributed by atoms with Gasteiger partial charge >= 0.3 is 0 Å². The maximum absolute atomic E-state index is 14.1. The van der Waals surface area contributed by atoms with E-state index in [1.54, 1.807) is 18.1 Å². The van der Waals surface area contributed by atoms with Crippen molar-refractivity contribution in [2.75, 3.05) is 13.1 Å². The first-order valence-corrected chi connectivity index (χ1v) is 7.89. The van der Waals surface area contributed by atoms with Crippen LogP contribution in [0, 0.1) is 11.6 Å². The molecule has 0 radical (unpaired) electrons. The number of amides is 1. The van der Waals surface area contributed by atoms with E-state index >= 15 is 0 Å². The van der Waals surface area contributed by atoms with Crippen molar-refractivity contribution < 1.29 is 13.6 Å². The maximum Gasteiger partial charge on any atom is 0.257 e. The lowest BCUT2D eigenvalue weighted by Crippen LogP contribution is -2.55. The van der Waals surface area contributed by atoms with Gasteiger partial charge in [0.2, 0.25) is 0 Å². The van der Waals surface area contributed by atoms with E-state index in [0.717, 1.165) is 12.1 Å². The molecule has 0 saturated carbocycles. The van der Waals surface area contributed by atoms with Crippen LogP contribution in [0.25, 0.3) is 11.3 Å². The average molecular weight is 334 g/mol. The summed E-state index contributed by atoms with van der Waals surface area (Å²) < 4.78 is 28.8. The Morgan fingerprint density at radius 2 is 1.92 bits per heavy atom. The zero-order valence-corrected chi connectivity index (χ0v) is 13.9. The number of hydrogen-bond donors (Lipinski definition) is 1. The zero-order chi connectivity index (χ0) is 17.4. The monoisotopic (exact) mass is 334 g/mol. The average Bonchev–Trinajstić information content (AvgIpc) is 2.87. The van der Waals surface area contributed by atoms with Crippen LogP contribution < -0.4 is 5.32 Å². The summed E-state index contributed by atoms with van der Waals surface area (Å²) in [5, 5.41) is 7.58. The van der Waals surface area contributed by atoms with Gasteiger partial charge in [0.05, 0.1) is 5.56 Å². The lowest BCUT2D eigenvalue weighted by molar-refractivity contribution is 0.0674. The summed E-state index contributed by atoms with van der Waals surface area (Å²) in [4.78, 5) is 14.7. The fraction of sp³-hybridized carbons (Fsp3) is 0.412. The second kappa shape index (κ2) is 6.32. The van der Waals surface area contributed by atoms with Gasteiger partial charge < -0.3 is 10.2 Å². The van der Waals surface area contributed by atoms with Gasteiger partial charge in [-0.3, -0.25) is 9.48 Å². The predicted octanol–water partition coefficient (Wildman–Crippen LogP) is 2.19. The van der Waals surface area contributed by atoms with Gasteiger partial charge in [-0.1, -0.05) is 0 Å². The molecule has 0 bridgehead atoms. The third kappa shape index (κ3) is 3.17. The highest BCUT2D eigenvalue weighted by atomic mass is 19.1. The van der Waals surface area contributed by atoms with Crippen molar-refractivity contribution in [3.8, 4) is 11.3 Å². The molecule has 0 aliphatic carbocycles. The molecule has 1 fully saturated rings. The molecular weight excluding hydrogens is 314 g/mol. The van der Waals surface area contributed by atoms with Crippen LogP contribution in [0.15, 0.2) is 24.4 Å². The van der Waals surface area contributed by atoms with Crippen molar-refractivity contribution in [1.29, 1.82) is 0 Å². The van der Waals surface area contributed by atoms with E-state index in [1.165, 1.54) is 10.7 Å². The van der Waals surface area contributed by atoms with Crippen LogP contribution in [0.3, 0.4) is 0 Å². The Labute approximate surface area is 139 Å². The molecule has 0 spiro atoms. The SMILES string of the molecule is C[C@@H]1CN(C(=O)c2cn(C)nc2-c2ccc(F)cc2F)C[C@@H](C)N1. The summed E-state index contributed by atoms with van der Waals surface area (Å²) in [6.07, 6.45) is 1.58. The van der Waals surface area contributed by atoms with Crippen molar-refractivity contribution in [1.82, 2.24) is 20.0 Å². The zero-order valence-electron chi connectivity index (χ0n) is 13.9. The minimum atomic E-state index is -0.732. The highest BCUT2D eigenvalue weighted by molar-refractivity contribution is 6.00. The molecule has 24 heavy (non-hydrogen) atoms. The van der Waals surface area contributed by atoms with Crippen molar-refractivity contribution in [2.24, 2.45) is 7.05 Å². The summed E-state index contributed by atoms with van der Waals surface area (Å²) >= 11 is 0. The fourth-order valence-electron chi connectivity index (χ4n) is 3.19.